The second kappa shape index (κ2) is 7.78. The molecule has 0 saturated carbocycles. The van der Waals surface area contributed by atoms with Crippen molar-refractivity contribution in [3.8, 4) is 11.5 Å². The molecule has 7 nitrogen and oxygen atoms in total. The molecule has 2 aromatic carbocycles. The molecule has 0 saturated heterocycles. The van der Waals surface area contributed by atoms with Gasteiger partial charge in [0, 0.05) is 17.5 Å². The summed E-state index contributed by atoms with van der Waals surface area (Å²) in [6.07, 6.45) is 0. The van der Waals surface area contributed by atoms with Crippen molar-refractivity contribution in [1.82, 2.24) is 0 Å². The van der Waals surface area contributed by atoms with Gasteiger partial charge in [0.15, 0.2) is 0 Å². The Morgan fingerprint density at radius 1 is 1.15 bits per heavy atom. The number of carboxylic acid groups (broad SMARTS) is 1. The number of nitrogens with one attached hydrogen (secondary N) is 1. The summed E-state index contributed by atoms with van der Waals surface area (Å²) in [4.78, 5) is 12.2. The van der Waals surface area contributed by atoms with E-state index in [1.807, 2.05) is 17.5 Å². The SMILES string of the molecule is NS(=O)(=O)c1cc(C(=O)O)c(NCc2cccs2)cc1Oc1ccccc1. The number of primary sulfonamides is 1. The summed E-state index contributed by atoms with van der Waals surface area (Å²) in [6.45, 7) is 0.386. The van der Waals surface area contributed by atoms with Crippen LogP contribution in [0.4, 0.5) is 5.69 Å². The highest BCUT2D eigenvalue weighted by molar-refractivity contribution is 7.89. The first-order valence-corrected chi connectivity index (χ1v) is 10.2. The van der Waals surface area contributed by atoms with Crippen LogP contribution in [0.25, 0.3) is 0 Å². The number of aromatic carboxylic acids is 1. The lowest BCUT2D eigenvalue weighted by atomic mass is 10.1. The highest BCUT2D eigenvalue weighted by Crippen LogP contribution is 2.34. The molecule has 3 aromatic rings. The van der Waals surface area contributed by atoms with E-state index in [-0.39, 0.29) is 17.0 Å². The third kappa shape index (κ3) is 4.64. The molecule has 1 heterocycles. The lowest BCUT2D eigenvalue weighted by Crippen LogP contribution is -2.16. The Bertz CT molecular complexity index is 1050. The lowest BCUT2D eigenvalue weighted by molar-refractivity contribution is 0.0697. The van der Waals surface area contributed by atoms with Crippen molar-refractivity contribution in [1.29, 1.82) is 0 Å². The zero-order valence-electron chi connectivity index (χ0n) is 14.0. The molecule has 0 fully saturated rings. The molecular formula is C18H16N2O5S2. The molecular weight excluding hydrogens is 388 g/mol. The molecule has 0 aliphatic heterocycles. The molecule has 9 heteroatoms. The molecule has 140 valence electrons. The van der Waals surface area contributed by atoms with E-state index in [1.54, 1.807) is 30.3 Å². The Kier molecular flexibility index (Phi) is 5.45. The number of nitrogens with two attached hydrogens (primary N) is 1. The highest BCUT2D eigenvalue weighted by atomic mass is 32.2. The van der Waals surface area contributed by atoms with E-state index < -0.39 is 20.9 Å². The predicted molar refractivity (Wildman–Crippen MR) is 103 cm³/mol. The quantitative estimate of drug-likeness (QED) is 0.555. The summed E-state index contributed by atoms with van der Waals surface area (Å²) < 4.78 is 29.6. The fraction of sp³-hybridized carbons (Fsp3) is 0.0556. The Balaban J connectivity index is 2.05. The van der Waals surface area contributed by atoms with Gasteiger partial charge in [-0.15, -0.1) is 11.3 Å². The minimum Gasteiger partial charge on any atom is -0.478 e. The van der Waals surface area contributed by atoms with Gasteiger partial charge in [-0.3, -0.25) is 0 Å². The Hall–Kier alpha value is -2.88. The minimum atomic E-state index is -4.20. The minimum absolute atomic E-state index is 0.0534. The Morgan fingerprint density at radius 3 is 2.48 bits per heavy atom. The first-order valence-electron chi connectivity index (χ1n) is 7.78. The number of carboxylic acids is 1. The molecule has 0 amide bonds. The maximum Gasteiger partial charge on any atom is 0.337 e. The molecule has 4 N–H and O–H groups in total. The van der Waals surface area contributed by atoms with Crippen LogP contribution in [-0.2, 0) is 16.6 Å². The topological polar surface area (TPSA) is 119 Å². The van der Waals surface area contributed by atoms with E-state index in [9.17, 15) is 18.3 Å². The number of para-hydroxylation sites is 1. The molecule has 0 bridgehead atoms. The van der Waals surface area contributed by atoms with Gasteiger partial charge >= 0.3 is 5.97 Å². The number of thiophene rings is 1. The van der Waals surface area contributed by atoms with Gasteiger partial charge in [-0.1, -0.05) is 24.3 Å². The van der Waals surface area contributed by atoms with Crippen LogP contribution in [0.1, 0.15) is 15.2 Å². The van der Waals surface area contributed by atoms with Crippen LogP contribution in [0.3, 0.4) is 0 Å². The van der Waals surface area contributed by atoms with Gasteiger partial charge in [0.2, 0.25) is 10.0 Å². The fourth-order valence-corrected chi connectivity index (χ4v) is 3.70. The lowest BCUT2D eigenvalue weighted by Gasteiger charge is -2.15. The zero-order chi connectivity index (χ0) is 19.4. The van der Waals surface area contributed by atoms with Crippen LogP contribution in [0, 0.1) is 0 Å². The second-order valence-corrected chi connectivity index (χ2v) is 8.10. The summed E-state index contributed by atoms with van der Waals surface area (Å²) in [6, 6.07) is 14.7. The number of carbonyl (C=O) groups is 1. The third-order valence-corrected chi connectivity index (χ3v) is 5.43. The van der Waals surface area contributed by atoms with Crippen molar-refractivity contribution in [3.63, 3.8) is 0 Å². The van der Waals surface area contributed by atoms with E-state index in [2.05, 4.69) is 5.32 Å². The van der Waals surface area contributed by atoms with Gasteiger partial charge in [-0.25, -0.2) is 18.4 Å². The van der Waals surface area contributed by atoms with Gasteiger partial charge in [0.25, 0.3) is 0 Å². The first-order chi connectivity index (χ1) is 12.8. The Morgan fingerprint density at radius 2 is 1.89 bits per heavy atom. The first kappa shape index (κ1) is 18.9. The number of sulfonamides is 1. The summed E-state index contributed by atoms with van der Waals surface area (Å²) in [7, 11) is -4.20. The Labute approximate surface area is 160 Å². The van der Waals surface area contributed by atoms with Gasteiger partial charge < -0.3 is 15.2 Å². The van der Waals surface area contributed by atoms with Crippen molar-refractivity contribution in [3.05, 3.63) is 70.4 Å². The number of rotatable bonds is 7. The molecule has 0 unspecified atom stereocenters. The molecule has 1 aromatic heterocycles. The number of anilines is 1. The number of benzene rings is 2. The van der Waals surface area contributed by atoms with E-state index in [0.29, 0.717) is 12.3 Å². The largest absolute Gasteiger partial charge is 0.478 e. The molecule has 0 radical (unpaired) electrons. The molecule has 0 aliphatic rings. The second-order valence-electron chi connectivity index (χ2n) is 5.54. The monoisotopic (exact) mass is 404 g/mol. The molecule has 0 aliphatic carbocycles. The van der Waals surface area contributed by atoms with Gasteiger partial charge in [0.05, 0.1) is 11.3 Å². The standard InChI is InChI=1S/C18H16N2O5S2/c19-27(23,24)17-9-14(18(21)22)15(20-11-13-7-4-8-26-13)10-16(17)25-12-5-2-1-3-6-12/h1-10,20H,11H2,(H,21,22)(H2,19,23,24). The zero-order valence-corrected chi connectivity index (χ0v) is 15.6. The average molecular weight is 404 g/mol. The number of ether oxygens (including phenoxy) is 1. The van der Waals surface area contributed by atoms with Crippen LogP contribution in [0.2, 0.25) is 0 Å². The smallest absolute Gasteiger partial charge is 0.337 e. The van der Waals surface area contributed by atoms with Crippen LogP contribution in [0.5, 0.6) is 11.5 Å². The number of hydrogen-bond donors (Lipinski definition) is 3. The summed E-state index contributed by atoms with van der Waals surface area (Å²) in [5.74, 6) is -0.933. The van der Waals surface area contributed by atoms with E-state index in [4.69, 9.17) is 9.88 Å². The maximum atomic E-state index is 12.0. The van der Waals surface area contributed by atoms with Crippen molar-refractivity contribution >= 4 is 33.0 Å². The molecule has 0 atom stereocenters. The van der Waals surface area contributed by atoms with Gasteiger partial charge in [-0.05, 0) is 29.6 Å². The molecule has 0 spiro atoms. The van der Waals surface area contributed by atoms with Crippen molar-refractivity contribution in [2.75, 3.05) is 5.32 Å². The van der Waals surface area contributed by atoms with Crippen LogP contribution < -0.4 is 15.2 Å². The van der Waals surface area contributed by atoms with E-state index in [0.717, 1.165) is 10.9 Å². The van der Waals surface area contributed by atoms with Crippen LogP contribution >= 0.6 is 11.3 Å². The highest BCUT2D eigenvalue weighted by Gasteiger charge is 2.22. The molecule has 3 rings (SSSR count). The molecule has 27 heavy (non-hydrogen) atoms. The average Bonchev–Trinajstić information content (AvgIpc) is 3.13. The maximum absolute atomic E-state index is 12.0. The van der Waals surface area contributed by atoms with Gasteiger partial charge in [0.1, 0.15) is 16.4 Å². The third-order valence-electron chi connectivity index (χ3n) is 3.63. The fourth-order valence-electron chi connectivity index (χ4n) is 2.40. The van der Waals surface area contributed by atoms with E-state index in [1.165, 1.54) is 17.4 Å². The van der Waals surface area contributed by atoms with Crippen molar-refractivity contribution in [2.45, 2.75) is 11.4 Å². The van der Waals surface area contributed by atoms with E-state index >= 15 is 0 Å². The van der Waals surface area contributed by atoms with Crippen molar-refractivity contribution in [2.24, 2.45) is 5.14 Å². The summed E-state index contributed by atoms with van der Waals surface area (Å²) in [5, 5.41) is 19.7. The number of hydrogen-bond acceptors (Lipinski definition) is 6. The summed E-state index contributed by atoms with van der Waals surface area (Å²) in [5.41, 5.74) is 0.0187. The normalized spacial score (nSPS) is 11.1. The van der Waals surface area contributed by atoms with Crippen LogP contribution in [0.15, 0.2) is 64.9 Å². The van der Waals surface area contributed by atoms with Crippen molar-refractivity contribution < 1.29 is 23.1 Å². The predicted octanol–water partition coefficient (Wildman–Crippen LogP) is 3.50. The van der Waals surface area contributed by atoms with Gasteiger partial charge in [-0.2, -0.15) is 0 Å². The van der Waals surface area contributed by atoms with Crippen LogP contribution in [-0.4, -0.2) is 19.5 Å². The summed E-state index contributed by atoms with van der Waals surface area (Å²) >= 11 is 1.51.